The molecule has 0 aliphatic carbocycles. The molecule has 20 heavy (non-hydrogen) atoms. The van der Waals surface area contributed by atoms with Crippen LogP contribution in [-0.4, -0.2) is 17.2 Å². The predicted octanol–water partition coefficient (Wildman–Crippen LogP) is 1.23. The van der Waals surface area contributed by atoms with E-state index in [1.807, 2.05) is 18.2 Å². The number of aromatic hydroxyl groups is 1. The molecule has 0 unspecified atom stereocenters. The molecule has 1 aliphatic heterocycles. The van der Waals surface area contributed by atoms with Crippen LogP contribution < -0.4 is 10.8 Å². The lowest BCUT2D eigenvalue weighted by molar-refractivity contribution is 0.275. The van der Waals surface area contributed by atoms with Gasteiger partial charge in [-0.2, -0.15) is 5.26 Å². The van der Waals surface area contributed by atoms with Gasteiger partial charge in [-0.15, -0.1) is 0 Å². The van der Waals surface area contributed by atoms with Crippen LogP contribution >= 0.6 is 0 Å². The summed E-state index contributed by atoms with van der Waals surface area (Å²) in [4.78, 5) is 0. The van der Waals surface area contributed by atoms with Gasteiger partial charge in [0.15, 0.2) is 0 Å². The maximum absolute atomic E-state index is 9.64. The van der Waals surface area contributed by atoms with Gasteiger partial charge in [-0.3, -0.25) is 0 Å². The van der Waals surface area contributed by atoms with Crippen LogP contribution in [0.15, 0.2) is 36.4 Å². The quantitative estimate of drug-likeness (QED) is 0.712. The van der Waals surface area contributed by atoms with Gasteiger partial charge in [-0.25, -0.2) is 0 Å². The Kier molecular flexibility index (Phi) is 3.07. The summed E-state index contributed by atoms with van der Waals surface area (Å²) in [6, 6.07) is 12.2. The first-order valence-electron chi connectivity index (χ1n) is 6.10. The van der Waals surface area contributed by atoms with Crippen molar-refractivity contribution in [3.05, 3.63) is 47.5 Å². The fraction of sp³-hybridized carbons (Fsp3) is 0.0714. The van der Waals surface area contributed by atoms with Crippen LogP contribution in [-0.2, 0) is 11.3 Å². The van der Waals surface area contributed by atoms with Gasteiger partial charge in [0, 0.05) is 17.4 Å². The van der Waals surface area contributed by atoms with E-state index in [0.717, 1.165) is 16.7 Å². The first kappa shape index (κ1) is 12.5. The zero-order valence-corrected chi connectivity index (χ0v) is 10.5. The van der Waals surface area contributed by atoms with Crippen LogP contribution in [0.5, 0.6) is 5.75 Å². The van der Waals surface area contributed by atoms with Crippen molar-refractivity contribution in [2.24, 2.45) is 0 Å². The minimum absolute atomic E-state index is 0.0579. The fourth-order valence-corrected chi connectivity index (χ4v) is 2.18. The van der Waals surface area contributed by atoms with Crippen molar-refractivity contribution < 1.29 is 14.8 Å². The zero-order valence-electron chi connectivity index (χ0n) is 10.5. The van der Waals surface area contributed by atoms with Gasteiger partial charge < -0.3 is 20.1 Å². The monoisotopic (exact) mass is 266 g/mol. The summed E-state index contributed by atoms with van der Waals surface area (Å²) < 4.78 is 5.13. The highest BCUT2D eigenvalue weighted by molar-refractivity contribution is 6.61. The van der Waals surface area contributed by atoms with Gasteiger partial charge in [-0.05, 0) is 35.3 Å². The number of hydrogen-bond donors (Lipinski definition) is 3. The molecule has 0 radical (unpaired) electrons. The molecule has 0 saturated carbocycles. The Balaban J connectivity index is 1.85. The third kappa shape index (κ3) is 2.20. The Morgan fingerprint density at radius 3 is 2.70 bits per heavy atom. The number of phenolic OH excluding ortho intramolecular Hbond substituents is 1. The fourth-order valence-electron chi connectivity index (χ4n) is 2.18. The molecular weight excluding hydrogens is 255 g/mol. The molecule has 0 spiro atoms. The topological polar surface area (TPSA) is 85.5 Å². The maximum atomic E-state index is 9.64. The molecule has 0 amide bonds. The lowest BCUT2D eigenvalue weighted by atomic mass is 9.79. The number of rotatable bonds is 2. The average molecular weight is 266 g/mol. The zero-order chi connectivity index (χ0) is 14.1. The van der Waals surface area contributed by atoms with E-state index in [1.165, 1.54) is 6.07 Å². The van der Waals surface area contributed by atoms with Gasteiger partial charge in [-0.1, -0.05) is 6.07 Å². The van der Waals surface area contributed by atoms with Crippen LogP contribution in [0, 0.1) is 11.3 Å². The summed E-state index contributed by atoms with van der Waals surface area (Å²) >= 11 is 0. The molecule has 5 nitrogen and oxygen atoms in total. The van der Waals surface area contributed by atoms with Crippen LogP contribution in [0.1, 0.15) is 11.1 Å². The van der Waals surface area contributed by atoms with Crippen molar-refractivity contribution in [1.29, 1.82) is 5.26 Å². The summed E-state index contributed by atoms with van der Waals surface area (Å²) in [6.07, 6.45) is 0. The van der Waals surface area contributed by atoms with E-state index in [1.54, 1.807) is 18.2 Å². The molecule has 0 bridgehead atoms. The molecule has 2 aromatic carbocycles. The second-order valence-electron chi connectivity index (χ2n) is 4.55. The van der Waals surface area contributed by atoms with Crippen LogP contribution in [0.25, 0.3) is 0 Å². The Bertz CT molecular complexity index is 712. The van der Waals surface area contributed by atoms with E-state index in [2.05, 4.69) is 5.32 Å². The minimum Gasteiger partial charge on any atom is -0.506 e. The summed E-state index contributed by atoms with van der Waals surface area (Å²) in [6.45, 7) is 0.380. The van der Waals surface area contributed by atoms with E-state index in [0.29, 0.717) is 12.3 Å². The Morgan fingerprint density at radius 1 is 1.20 bits per heavy atom. The minimum atomic E-state index is -0.849. The highest BCUT2D eigenvalue weighted by atomic mass is 16.5. The number of benzene rings is 2. The standard InChI is InChI=1S/C14H11BN2O3/c16-7-9-1-2-12(6-14(9)18)17-11-3-4-13-10(5-11)8-20-15(13)19/h1-6,17-19H,8H2. The Morgan fingerprint density at radius 2 is 1.95 bits per heavy atom. The molecule has 1 heterocycles. The van der Waals surface area contributed by atoms with Crippen molar-refractivity contribution in [3.63, 3.8) is 0 Å². The van der Waals surface area contributed by atoms with Crippen LogP contribution in [0.4, 0.5) is 11.4 Å². The van der Waals surface area contributed by atoms with E-state index < -0.39 is 7.12 Å². The van der Waals surface area contributed by atoms with Gasteiger partial charge in [0.25, 0.3) is 0 Å². The van der Waals surface area contributed by atoms with Gasteiger partial charge >= 0.3 is 7.12 Å². The van der Waals surface area contributed by atoms with Gasteiger partial charge in [0.2, 0.25) is 0 Å². The van der Waals surface area contributed by atoms with E-state index in [9.17, 15) is 10.1 Å². The van der Waals surface area contributed by atoms with Crippen molar-refractivity contribution in [2.75, 3.05) is 5.32 Å². The van der Waals surface area contributed by atoms with E-state index in [4.69, 9.17) is 9.92 Å². The van der Waals surface area contributed by atoms with Gasteiger partial charge in [0.05, 0.1) is 12.2 Å². The number of nitriles is 1. The summed E-state index contributed by atoms with van der Waals surface area (Å²) in [5, 5.41) is 31.1. The maximum Gasteiger partial charge on any atom is 0.491 e. The third-order valence-electron chi connectivity index (χ3n) is 3.21. The lowest BCUT2D eigenvalue weighted by Crippen LogP contribution is -2.27. The van der Waals surface area contributed by atoms with Crippen molar-refractivity contribution in [1.82, 2.24) is 0 Å². The number of anilines is 2. The number of nitrogens with one attached hydrogen (secondary N) is 1. The molecule has 0 saturated heterocycles. The molecule has 6 heteroatoms. The van der Waals surface area contributed by atoms with Crippen LogP contribution in [0.2, 0.25) is 0 Å². The van der Waals surface area contributed by atoms with E-state index in [-0.39, 0.29) is 11.3 Å². The molecule has 3 rings (SSSR count). The summed E-state index contributed by atoms with van der Waals surface area (Å²) in [5.41, 5.74) is 3.45. The molecule has 0 aromatic heterocycles. The highest BCUT2D eigenvalue weighted by Gasteiger charge is 2.26. The highest BCUT2D eigenvalue weighted by Crippen LogP contribution is 2.25. The predicted molar refractivity (Wildman–Crippen MR) is 74.9 cm³/mol. The molecule has 98 valence electrons. The average Bonchev–Trinajstić information content (AvgIpc) is 2.80. The Labute approximate surface area is 116 Å². The number of phenols is 1. The van der Waals surface area contributed by atoms with Gasteiger partial charge in [0.1, 0.15) is 11.8 Å². The largest absolute Gasteiger partial charge is 0.506 e. The molecule has 0 fully saturated rings. The number of fused-ring (bicyclic) bond motifs is 1. The molecule has 1 aliphatic rings. The smallest absolute Gasteiger partial charge is 0.491 e. The first-order valence-corrected chi connectivity index (χ1v) is 6.10. The number of hydrogen-bond acceptors (Lipinski definition) is 5. The van der Waals surface area contributed by atoms with Crippen molar-refractivity contribution in [2.45, 2.75) is 6.61 Å². The molecule has 2 aromatic rings. The molecule has 0 atom stereocenters. The van der Waals surface area contributed by atoms with Crippen molar-refractivity contribution in [3.8, 4) is 11.8 Å². The molecule has 3 N–H and O–H groups in total. The second kappa shape index (κ2) is 4.89. The number of nitrogens with zero attached hydrogens (tertiary/aromatic N) is 1. The van der Waals surface area contributed by atoms with Crippen molar-refractivity contribution >= 4 is 24.0 Å². The van der Waals surface area contributed by atoms with Crippen LogP contribution in [0.3, 0.4) is 0 Å². The Hall–Kier alpha value is -2.49. The summed E-state index contributed by atoms with van der Waals surface area (Å²) in [5.74, 6) is -0.0579. The second-order valence-corrected chi connectivity index (χ2v) is 4.55. The van der Waals surface area contributed by atoms with E-state index >= 15 is 0 Å². The lowest BCUT2D eigenvalue weighted by Gasteiger charge is -2.09. The molecular formula is C14H11BN2O3. The SMILES string of the molecule is N#Cc1ccc(Nc2ccc3c(c2)COB3O)cc1O. The third-order valence-corrected chi connectivity index (χ3v) is 3.21. The first-order chi connectivity index (χ1) is 9.67. The summed E-state index contributed by atoms with van der Waals surface area (Å²) in [7, 11) is -0.849. The normalized spacial score (nSPS) is 12.9.